The lowest BCUT2D eigenvalue weighted by Gasteiger charge is -2.34. The van der Waals surface area contributed by atoms with Crippen molar-refractivity contribution in [2.75, 3.05) is 0 Å². The second-order valence-corrected chi connectivity index (χ2v) is 4.52. The largest absolute Gasteiger partial charge is 0.481 e. The lowest BCUT2D eigenvalue weighted by molar-refractivity contribution is -0.136. The van der Waals surface area contributed by atoms with Gasteiger partial charge in [-0.05, 0) is 30.4 Å². The van der Waals surface area contributed by atoms with Crippen molar-refractivity contribution < 1.29 is 14.3 Å². The van der Waals surface area contributed by atoms with Gasteiger partial charge in [-0.2, -0.15) is 0 Å². The Morgan fingerprint density at radius 1 is 1.31 bits per heavy atom. The molecule has 1 N–H and O–H groups in total. The molecule has 2 rings (SSSR count). The molecule has 1 fully saturated rings. The molecule has 86 valence electrons. The van der Waals surface area contributed by atoms with Gasteiger partial charge in [0.25, 0.3) is 0 Å². The van der Waals surface area contributed by atoms with E-state index in [9.17, 15) is 9.18 Å². The molecular formula is C13H15FO2. The molecule has 1 aromatic carbocycles. The molecule has 1 saturated carbocycles. The molecule has 1 aliphatic carbocycles. The minimum atomic E-state index is -1.09. The van der Waals surface area contributed by atoms with Gasteiger partial charge in [-0.1, -0.05) is 24.3 Å². The van der Waals surface area contributed by atoms with Crippen molar-refractivity contribution in [2.45, 2.75) is 37.8 Å². The third-order valence-corrected chi connectivity index (χ3v) is 3.22. The van der Waals surface area contributed by atoms with Crippen LogP contribution in [0.25, 0.3) is 0 Å². The molecule has 1 aliphatic rings. The van der Waals surface area contributed by atoms with Crippen LogP contribution in [0, 0.1) is 0 Å². The summed E-state index contributed by atoms with van der Waals surface area (Å²) < 4.78 is 14.0. The van der Waals surface area contributed by atoms with Gasteiger partial charge in [0.15, 0.2) is 0 Å². The molecular weight excluding hydrogens is 207 g/mol. The summed E-state index contributed by atoms with van der Waals surface area (Å²) in [5.41, 5.74) is 0.486. The fraction of sp³-hybridized carbons (Fsp3) is 0.462. The van der Waals surface area contributed by atoms with Gasteiger partial charge in [0.05, 0.1) is 6.42 Å². The van der Waals surface area contributed by atoms with Gasteiger partial charge in [0, 0.05) is 6.42 Å². The minimum absolute atomic E-state index is 0.0216. The first-order chi connectivity index (χ1) is 7.59. The molecule has 0 bridgehead atoms. The smallest absolute Gasteiger partial charge is 0.307 e. The number of halogens is 1. The zero-order valence-corrected chi connectivity index (χ0v) is 9.08. The molecule has 3 heteroatoms. The second kappa shape index (κ2) is 4.24. The number of rotatable bonds is 4. The quantitative estimate of drug-likeness (QED) is 0.850. The van der Waals surface area contributed by atoms with Crippen LogP contribution < -0.4 is 0 Å². The number of benzene rings is 1. The topological polar surface area (TPSA) is 37.3 Å². The van der Waals surface area contributed by atoms with Crippen LogP contribution in [0.4, 0.5) is 4.39 Å². The van der Waals surface area contributed by atoms with Crippen LogP contribution in [0.2, 0.25) is 0 Å². The molecule has 0 amide bonds. The van der Waals surface area contributed by atoms with Crippen LogP contribution >= 0.6 is 0 Å². The maximum atomic E-state index is 14.0. The predicted octanol–water partition coefficient (Wildman–Crippen LogP) is 2.75. The SMILES string of the molecule is O=C(O)Cc1ccccc1CC1(F)CCC1. The van der Waals surface area contributed by atoms with E-state index in [0.29, 0.717) is 19.3 Å². The highest BCUT2D eigenvalue weighted by Gasteiger charge is 2.37. The number of hydrogen-bond acceptors (Lipinski definition) is 1. The van der Waals surface area contributed by atoms with Crippen molar-refractivity contribution in [1.29, 1.82) is 0 Å². The van der Waals surface area contributed by atoms with Crippen LogP contribution in [-0.4, -0.2) is 16.7 Å². The van der Waals surface area contributed by atoms with Gasteiger partial charge in [-0.25, -0.2) is 4.39 Å². The summed E-state index contributed by atoms with van der Waals surface area (Å²) in [6.07, 6.45) is 2.49. The van der Waals surface area contributed by atoms with Crippen LogP contribution in [0.1, 0.15) is 30.4 Å². The van der Waals surface area contributed by atoms with Crippen molar-refractivity contribution in [3.05, 3.63) is 35.4 Å². The number of carboxylic acid groups (broad SMARTS) is 1. The van der Waals surface area contributed by atoms with E-state index in [1.165, 1.54) is 0 Å². The lowest BCUT2D eigenvalue weighted by atomic mass is 9.77. The van der Waals surface area contributed by atoms with Crippen molar-refractivity contribution in [3.8, 4) is 0 Å². The van der Waals surface area contributed by atoms with Crippen molar-refractivity contribution in [2.24, 2.45) is 0 Å². The summed E-state index contributed by atoms with van der Waals surface area (Å²) in [6, 6.07) is 7.24. The van der Waals surface area contributed by atoms with Crippen LogP contribution in [0.3, 0.4) is 0 Å². The summed E-state index contributed by atoms with van der Waals surface area (Å²) in [6.45, 7) is 0. The summed E-state index contributed by atoms with van der Waals surface area (Å²) >= 11 is 0. The summed E-state index contributed by atoms with van der Waals surface area (Å²) in [7, 11) is 0. The molecule has 0 radical (unpaired) electrons. The highest BCUT2D eigenvalue weighted by molar-refractivity contribution is 5.70. The summed E-state index contributed by atoms with van der Waals surface area (Å²) in [5.74, 6) is -0.867. The highest BCUT2D eigenvalue weighted by Crippen LogP contribution is 2.39. The first-order valence-electron chi connectivity index (χ1n) is 5.57. The van der Waals surface area contributed by atoms with Crippen molar-refractivity contribution in [1.82, 2.24) is 0 Å². The first kappa shape index (κ1) is 11.1. The number of carbonyl (C=O) groups is 1. The monoisotopic (exact) mass is 222 g/mol. The third kappa shape index (κ3) is 2.40. The minimum Gasteiger partial charge on any atom is -0.481 e. The van der Waals surface area contributed by atoms with E-state index in [2.05, 4.69) is 0 Å². The maximum absolute atomic E-state index is 14.0. The molecule has 0 heterocycles. The third-order valence-electron chi connectivity index (χ3n) is 3.22. The zero-order valence-electron chi connectivity index (χ0n) is 9.08. The van der Waals surface area contributed by atoms with Crippen LogP contribution in [0.5, 0.6) is 0 Å². The average molecular weight is 222 g/mol. The highest BCUT2D eigenvalue weighted by atomic mass is 19.1. The molecule has 0 saturated heterocycles. The summed E-state index contributed by atoms with van der Waals surface area (Å²) in [5, 5.41) is 8.77. The summed E-state index contributed by atoms with van der Waals surface area (Å²) in [4.78, 5) is 10.7. The standard InChI is InChI=1S/C13H15FO2/c14-13(6-3-7-13)9-11-5-2-1-4-10(11)8-12(15)16/h1-2,4-5H,3,6-9H2,(H,15,16). The van der Waals surface area contributed by atoms with Crippen LogP contribution in [-0.2, 0) is 17.6 Å². The van der Waals surface area contributed by atoms with Gasteiger partial charge in [-0.3, -0.25) is 4.79 Å². The molecule has 0 aliphatic heterocycles. The molecule has 0 spiro atoms. The van der Waals surface area contributed by atoms with E-state index < -0.39 is 11.6 Å². The first-order valence-corrected chi connectivity index (χ1v) is 5.57. The number of hydrogen-bond donors (Lipinski definition) is 1. The Morgan fingerprint density at radius 3 is 2.44 bits per heavy atom. The molecule has 0 atom stereocenters. The van der Waals surface area contributed by atoms with Gasteiger partial charge in [0.2, 0.25) is 0 Å². The van der Waals surface area contributed by atoms with Gasteiger partial charge in [0.1, 0.15) is 5.67 Å². The number of alkyl halides is 1. The van der Waals surface area contributed by atoms with E-state index >= 15 is 0 Å². The Balaban J connectivity index is 2.15. The van der Waals surface area contributed by atoms with E-state index in [4.69, 9.17) is 5.11 Å². The van der Waals surface area contributed by atoms with Gasteiger partial charge >= 0.3 is 5.97 Å². The maximum Gasteiger partial charge on any atom is 0.307 e. The van der Waals surface area contributed by atoms with Gasteiger partial charge in [-0.15, -0.1) is 0 Å². The van der Waals surface area contributed by atoms with E-state index in [0.717, 1.165) is 17.5 Å². The van der Waals surface area contributed by atoms with Gasteiger partial charge < -0.3 is 5.11 Å². The number of carboxylic acids is 1. The Morgan fingerprint density at radius 2 is 1.94 bits per heavy atom. The molecule has 2 nitrogen and oxygen atoms in total. The van der Waals surface area contributed by atoms with Crippen molar-refractivity contribution in [3.63, 3.8) is 0 Å². The van der Waals surface area contributed by atoms with Crippen LogP contribution in [0.15, 0.2) is 24.3 Å². The van der Waals surface area contributed by atoms with E-state index in [-0.39, 0.29) is 6.42 Å². The molecule has 0 aromatic heterocycles. The van der Waals surface area contributed by atoms with Crippen molar-refractivity contribution >= 4 is 5.97 Å². The Kier molecular flexibility index (Phi) is 2.95. The van der Waals surface area contributed by atoms with E-state index in [1.807, 2.05) is 12.1 Å². The second-order valence-electron chi connectivity index (χ2n) is 4.52. The fourth-order valence-electron chi connectivity index (χ4n) is 2.14. The molecule has 0 unspecified atom stereocenters. The predicted molar refractivity (Wildman–Crippen MR) is 59.2 cm³/mol. The molecule has 16 heavy (non-hydrogen) atoms. The Hall–Kier alpha value is -1.38. The lowest BCUT2D eigenvalue weighted by Crippen LogP contribution is -2.34. The average Bonchev–Trinajstić information content (AvgIpc) is 2.18. The fourth-order valence-corrected chi connectivity index (χ4v) is 2.14. The Labute approximate surface area is 94.1 Å². The number of aliphatic carboxylic acids is 1. The normalized spacial score (nSPS) is 17.8. The zero-order chi connectivity index (χ0) is 11.6. The van der Waals surface area contributed by atoms with E-state index in [1.54, 1.807) is 12.1 Å². The molecule has 1 aromatic rings. The Bertz CT molecular complexity index is 397.